The molecule has 0 bridgehead atoms. The van der Waals surface area contributed by atoms with E-state index in [1.807, 2.05) is 6.92 Å². The second-order valence-electron chi connectivity index (χ2n) is 5.65. The number of methoxy groups -OCH3 is 3. The van der Waals surface area contributed by atoms with Gasteiger partial charge in [-0.1, -0.05) is 17.7 Å². The summed E-state index contributed by atoms with van der Waals surface area (Å²) in [5, 5.41) is 5.81. The summed E-state index contributed by atoms with van der Waals surface area (Å²) in [6.45, 7) is 1.86. The summed E-state index contributed by atoms with van der Waals surface area (Å²) in [5.74, 6) is 0.253. The van der Waals surface area contributed by atoms with Crippen LogP contribution < -0.4 is 24.8 Å². The number of amides is 2. The second kappa shape index (κ2) is 9.14. The van der Waals surface area contributed by atoms with Gasteiger partial charge in [0.05, 0.1) is 21.3 Å². The second-order valence-corrected chi connectivity index (χ2v) is 6.06. The third-order valence-corrected chi connectivity index (χ3v) is 4.13. The fourth-order valence-corrected chi connectivity index (χ4v) is 2.56. The molecule has 0 aliphatic heterocycles. The zero-order valence-electron chi connectivity index (χ0n) is 15.5. The van der Waals surface area contributed by atoms with Gasteiger partial charge in [-0.3, -0.25) is 9.59 Å². The fraction of sp³-hybridized carbons (Fsp3) is 0.263. The molecule has 2 rings (SSSR count). The van der Waals surface area contributed by atoms with Gasteiger partial charge in [0, 0.05) is 28.5 Å². The molecular formula is C19H21ClN2O5. The molecule has 27 heavy (non-hydrogen) atoms. The van der Waals surface area contributed by atoms with Gasteiger partial charge in [0.2, 0.25) is 17.6 Å². The van der Waals surface area contributed by atoms with Crippen LogP contribution in [0.15, 0.2) is 30.3 Å². The first-order valence-electron chi connectivity index (χ1n) is 8.03. The van der Waals surface area contributed by atoms with Crippen molar-refractivity contribution in [2.45, 2.75) is 13.3 Å². The van der Waals surface area contributed by atoms with Crippen molar-refractivity contribution in [1.82, 2.24) is 0 Å². The quantitative estimate of drug-likeness (QED) is 0.702. The molecule has 2 aromatic rings. The molecule has 8 heteroatoms. The molecule has 0 atom stereocenters. The van der Waals surface area contributed by atoms with Crippen molar-refractivity contribution >= 4 is 34.8 Å². The highest BCUT2D eigenvalue weighted by Crippen LogP contribution is 2.39. The predicted octanol–water partition coefficient (Wildman–Crippen LogP) is 3.64. The van der Waals surface area contributed by atoms with E-state index in [-0.39, 0.29) is 6.42 Å². The van der Waals surface area contributed by atoms with E-state index in [4.69, 9.17) is 25.8 Å². The van der Waals surface area contributed by atoms with Crippen molar-refractivity contribution in [3.8, 4) is 17.2 Å². The number of hydrogen-bond donors (Lipinski definition) is 2. The third-order valence-electron chi connectivity index (χ3n) is 3.73. The van der Waals surface area contributed by atoms with Crippen LogP contribution in [0.1, 0.15) is 12.0 Å². The van der Waals surface area contributed by atoms with Gasteiger partial charge in [0.1, 0.15) is 6.42 Å². The van der Waals surface area contributed by atoms with Crippen molar-refractivity contribution in [1.29, 1.82) is 0 Å². The van der Waals surface area contributed by atoms with Crippen molar-refractivity contribution in [2.75, 3.05) is 32.0 Å². The lowest BCUT2D eigenvalue weighted by molar-refractivity contribution is -0.123. The predicted molar refractivity (Wildman–Crippen MR) is 104 cm³/mol. The van der Waals surface area contributed by atoms with Crippen LogP contribution in [0.5, 0.6) is 17.2 Å². The van der Waals surface area contributed by atoms with Crippen LogP contribution in [0, 0.1) is 6.92 Å². The SMILES string of the molecule is COc1cc(NC(=O)CC(=O)Nc2ccc(C)c(Cl)c2)cc(OC)c1OC. The molecule has 2 N–H and O–H groups in total. The van der Waals surface area contributed by atoms with Gasteiger partial charge in [0.25, 0.3) is 0 Å². The Morgan fingerprint density at radius 2 is 1.44 bits per heavy atom. The van der Waals surface area contributed by atoms with Crippen LogP contribution in [0.4, 0.5) is 11.4 Å². The van der Waals surface area contributed by atoms with Crippen LogP contribution in [-0.2, 0) is 9.59 Å². The molecule has 0 spiro atoms. The lowest BCUT2D eigenvalue weighted by atomic mass is 10.2. The Kier molecular flexibility index (Phi) is 6.90. The number of carbonyl (C=O) groups excluding carboxylic acids is 2. The number of nitrogens with one attached hydrogen (secondary N) is 2. The average Bonchev–Trinajstić information content (AvgIpc) is 2.63. The molecule has 7 nitrogen and oxygen atoms in total. The maximum atomic E-state index is 12.2. The molecule has 144 valence electrons. The minimum atomic E-state index is -0.486. The van der Waals surface area contributed by atoms with E-state index in [0.717, 1.165) is 5.56 Å². The minimum Gasteiger partial charge on any atom is -0.493 e. The molecule has 0 fully saturated rings. The number of halogens is 1. The van der Waals surface area contributed by atoms with Crippen molar-refractivity contribution < 1.29 is 23.8 Å². The maximum absolute atomic E-state index is 12.2. The lowest BCUT2D eigenvalue weighted by Crippen LogP contribution is -2.21. The molecule has 0 heterocycles. The number of benzene rings is 2. The van der Waals surface area contributed by atoms with Crippen LogP contribution >= 0.6 is 11.6 Å². The summed E-state index contributed by atoms with van der Waals surface area (Å²) in [6, 6.07) is 8.30. The maximum Gasteiger partial charge on any atom is 0.233 e. The highest BCUT2D eigenvalue weighted by atomic mass is 35.5. The molecule has 0 unspecified atom stereocenters. The monoisotopic (exact) mass is 392 g/mol. The van der Waals surface area contributed by atoms with Crippen LogP contribution in [0.2, 0.25) is 5.02 Å². The molecule has 0 aromatic heterocycles. The Labute approximate surface area is 162 Å². The Morgan fingerprint density at radius 3 is 1.93 bits per heavy atom. The molecular weight excluding hydrogens is 372 g/mol. The van der Waals surface area contributed by atoms with Gasteiger partial charge in [-0.2, -0.15) is 0 Å². The molecule has 2 aromatic carbocycles. The zero-order valence-corrected chi connectivity index (χ0v) is 16.3. The van der Waals surface area contributed by atoms with Gasteiger partial charge in [-0.25, -0.2) is 0 Å². The van der Waals surface area contributed by atoms with Gasteiger partial charge in [-0.15, -0.1) is 0 Å². The smallest absolute Gasteiger partial charge is 0.233 e. The number of carbonyl (C=O) groups is 2. The van der Waals surface area contributed by atoms with E-state index in [9.17, 15) is 9.59 Å². The Bertz CT molecular complexity index is 829. The molecule has 0 aliphatic carbocycles. The van der Waals surface area contributed by atoms with Crippen molar-refractivity contribution in [3.05, 3.63) is 40.9 Å². The fourth-order valence-electron chi connectivity index (χ4n) is 2.38. The Morgan fingerprint density at radius 1 is 0.889 bits per heavy atom. The minimum absolute atomic E-state index is 0.359. The van der Waals surface area contributed by atoms with Gasteiger partial charge in [0.15, 0.2) is 11.5 Å². The molecule has 2 amide bonds. The van der Waals surface area contributed by atoms with Crippen LogP contribution in [0.25, 0.3) is 0 Å². The first kappa shape index (κ1) is 20.4. The van der Waals surface area contributed by atoms with E-state index >= 15 is 0 Å². The summed E-state index contributed by atoms with van der Waals surface area (Å²) in [7, 11) is 4.44. The summed E-state index contributed by atoms with van der Waals surface area (Å²) >= 11 is 6.03. The van der Waals surface area contributed by atoms with Crippen molar-refractivity contribution in [3.63, 3.8) is 0 Å². The molecule has 0 saturated heterocycles. The average molecular weight is 393 g/mol. The summed E-state index contributed by atoms with van der Waals surface area (Å²) in [6.07, 6.45) is -0.359. The first-order chi connectivity index (χ1) is 12.9. The summed E-state index contributed by atoms with van der Waals surface area (Å²) in [5.41, 5.74) is 1.84. The van der Waals surface area contributed by atoms with Gasteiger partial charge in [-0.05, 0) is 24.6 Å². The highest BCUT2D eigenvalue weighted by Gasteiger charge is 2.16. The number of hydrogen-bond acceptors (Lipinski definition) is 5. The standard InChI is InChI=1S/C19H21ClN2O5/c1-11-5-6-12(7-14(11)20)21-17(23)10-18(24)22-13-8-15(25-2)19(27-4)16(9-13)26-3/h5-9H,10H2,1-4H3,(H,21,23)(H,22,24). The van der Waals surface area contributed by atoms with Gasteiger partial charge >= 0.3 is 0 Å². The summed E-state index contributed by atoms with van der Waals surface area (Å²) in [4.78, 5) is 24.2. The molecule has 0 saturated carbocycles. The molecule has 0 aliphatic rings. The van der Waals surface area contributed by atoms with Crippen molar-refractivity contribution in [2.24, 2.45) is 0 Å². The normalized spacial score (nSPS) is 10.1. The topological polar surface area (TPSA) is 85.9 Å². The lowest BCUT2D eigenvalue weighted by Gasteiger charge is -2.14. The van der Waals surface area contributed by atoms with E-state index in [1.165, 1.54) is 21.3 Å². The number of aryl methyl sites for hydroxylation is 1. The van der Waals surface area contributed by atoms with E-state index in [1.54, 1.807) is 30.3 Å². The van der Waals surface area contributed by atoms with Crippen LogP contribution in [0.3, 0.4) is 0 Å². The summed E-state index contributed by atoms with van der Waals surface area (Å²) < 4.78 is 15.7. The van der Waals surface area contributed by atoms with E-state index < -0.39 is 11.8 Å². The number of ether oxygens (including phenoxy) is 3. The highest BCUT2D eigenvalue weighted by molar-refractivity contribution is 6.31. The number of anilines is 2. The number of rotatable bonds is 7. The Hall–Kier alpha value is -2.93. The van der Waals surface area contributed by atoms with Crippen LogP contribution in [-0.4, -0.2) is 33.1 Å². The van der Waals surface area contributed by atoms with Gasteiger partial charge < -0.3 is 24.8 Å². The zero-order chi connectivity index (χ0) is 20.0. The van der Waals surface area contributed by atoms with E-state index in [0.29, 0.717) is 33.6 Å². The third kappa shape index (κ3) is 5.27. The van der Waals surface area contributed by atoms with E-state index in [2.05, 4.69) is 10.6 Å². The molecule has 0 radical (unpaired) electrons. The first-order valence-corrected chi connectivity index (χ1v) is 8.41. The largest absolute Gasteiger partial charge is 0.493 e. The Balaban J connectivity index is 2.04.